The summed E-state index contributed by atoms with van der Waals surface area (Å²) in [6, 6.07) is 0. The summed E-state index contributed by atoms with van der Waals surface area (Å²) in [5, 5.41) is 11.1. The van der Waals surface area contributed by atoms with E-state index in [1.54, 1.807) is 0 Å². The Balaban J connectivity index is 1.39. The van der Waals surface area contributed by atoms with Crippen molar-refractivity contribution in [3.8, 4) is 0 Å². The van der Waals surface area contributed by atoms with Crippen LogP contribution < -0.4 is 0 Å². The van der Waals surface area contributed by atoms with Crippen LogP contribution in [0.3, 0.4) is 0 Å². The fraction of sp³-hybridized carbons (Fsp3) is 0.600. The first-order valence-corrected chi connectivity index (χ1v) is 12.3. The molecule has 1 aliphatic heterocycles. The first-order chi connectivity index (χ1) is 14.3. The Labute approximate surface area is 176 Å². The highest BCUT2D eigenvalue weighted by molar-refractivity contribution is 7.99. The Hall–Kier alpha value is -1.71. The lowest BCUT2D eigenvalue weighted by atomic mass is 9.97. The minimum atomic E-state index is 0.143. The quantitative estimate of drug-likeness (QED) is 0.594. The van der Waals surface area contributed by atoms with Gasteiger partial charge in [0.05, 0.1) is 24.4 Å². The van der Waals surface area contributed by atoms with Gasteiger partial charge in [-0.15, -0.1) is 21.5 Å². The van der Waals surface area contributed by atoms with Crippen molar-refractivity contribution in [2.75, 3.05) is 32.1 Å². The molecule has 3 aliphatic rings. The summed E-state index contributed by atoms with van der Waals surface area (Å²) in [7, 11) is 0. The third-order valence-corrected chi connectivity index (χ3v) is 8.19. The molecule has 0 bridgehead atoms. The van der Waals surface area contributed by atoms with Crippen molar-refractivity contribution in [2.45, 2.75) is 49.6 Å². The second-order valence-corrected chi connectivity index (χ2v) is 10.1. The number of morpholine rings is 1. The number of nitrogens with zero attached hydrogens (tertiary/aromatic N) is 5. The molecule has 6 rings (SSSR count). The van der Waals surface area contributed by atoms with Gasteiger partial charge in [0, 0.05) is 23.9 Å². The van der Waals surface area contributed by atoms with E-state index in [0.717, 1.165) is 34.3 Å². The van der Waals surface area contributed by atoms with Crippen LogP contribution in [-0.2, 0) is 22.4 Å². The first-order valence-electron chi connectivity index (χ1n) is 10.5. The zero-order valence-electron chi connectivity index (χ0n) is 16.2. The summed E-state index contributed by atoms with van der Waals surface area (Å²) in [6.07, 6.45) is 7.12. The third-order valence-electron chi connectivity index (χ3n) is 6.09. The maximum atomic E-state index is 12.6. The van der Waals surface area contributed by atoms with Crippen LogP contribution in [0.2, 0.25) is 0 Å². The Morgan fingerprint density at radius 1 is 1.17 bits per heavy atom. The molecule has 29 heavy (non-hydrogen) atoms. The van der Waals surface area contributed by atoms with E-state index in [1.165, 1.54) is 53.3 Å². The fourth-order valence-electron chi connectivity index (χ4n) is 4.39. The number of ether oxygens (including phenoxy) is 1. The van der Waals surface area contributed by atoms with Gasteiger partial charge in [0.1, 0.15) is 10.7 Å². The van der Waals surface area contributed by atoms with Gasteiger partial charge < -0.3 is 9.64 Å². The molecule has 2 fully saturated rings. The van der Waals surface area contributed by atoms with E-state index in [-0.39, 0.29) is 5.91 Å². The van der Waals surface area contributed by atoms with Gasteiger partial charge in [-0.05, 0) is 44.1 Å². The summed E-state index contributed by atoms with van der Waals surface area (Å²) in [4.78, 5) is 22.2. The molecule has 9 heteroatoms. The van der Waals surface area contributed by atoms with Crippen molar-refractivity contribution in [2.24, 2.45) is 0 Å². The maximum absolute atomic E-state index is 12.6. The van der Waals surface area contributed by atoms with E-state index in [4.69, 9.17) is 9.72 Å². The number of fused-ring (bicyclic) bond motifs is 5. The molecule has 1 saturated heterocycles. The van der Waals surface area contributed by atoms with Gasteiger partial charge in [0.25, 0.3) is 0 Å². The van der Waals surface area contributed by atoms with Gasteiger partial charge in [-0.3, -0.25) is 9.20 Å². The highest BCUT2D eigenvalue weighted by Crippen LogP contribution is 2.44. The number of carbonyl (C=O) groups excluding carboxylic acids is 1. The topological polar surface area (TPSA) is 72.6 Å². The lowest BCUT2D eigenvalue weighted by Gasteiger charge is -2.26. The average molecular weight is 430 g/mol. The standard InChI is InChI=1S/C20H23N5O2S2/c26-15(24-7-9-27-10-8-24)11-28-20-23-22-18-16-13-3-1-2-4-14(13)29-19(16)21-17(25(18)20)12-5-6-12/h12H,1-11H2. The second-order valence-electron chi connectivity index (χ2n) is 8.06. The van der Waals surface area contributed by atoms with Gasteiger partial charge in [0.15, 0.2) is 10.8 Å². The number of aryl methyl sites for hydroxylation is 2. The van der Waals surface area contributed by atoms with Gasteiger partial charge in [-0.25, -0.2) is 4.98 Å². The zero-order chi connectivity index (χ0) is 19.4. The van der Waals surface area contributed by atoms with Crippen molar-refractivity contribution < 1.29 is 9.53 Å². The van der Waals surface area contributed by atoms with E-state index >= 15 is 0 Å². The molecular formula is C20H23N5O2S2. The second kappa shape index (κ2) is 7.21. The number of rotatable bonds is 4. The Morgan fingerprint density at radius 2 is 2.00 bits per heavy atom. The first kappa shape index (κ1) is 18.1. The van der Waals surface area contributed by atoms with E-state index in [1.807, 2.05) is 16.2 Å². The normalized spacial score (nSPS) is 19.8. The molecule has 0 spiro atoms. The van der Waals surface area contributed by atoms with E-state index in [9.17, 15) is 4.79 Å². The maximum Gasteiger partial charge on any atom is 0.233 e. The fourth-order valence-corrected chi connectivity index (χ4v) is 6.50. The lowest BCUT2D eigenvalue weighted by Crippen LogP contribution is -2.41. The lowest BCUT2D eigenvalue weighted by molar-refractivity contribution is -0.132. The number of aromatic nitrogens is 4. The molecule has 2 aliphatic carbocycles. The van der Waals surface area contributed by atoms with Crippen molar-refractivity contribution >= 4 is 44.9 Å². The predicted molar refractivity (Wildman–Crippen MR) is 113 cm³/mol. The van der Waals surface area contributed by atoms with Crippen LogP contribution in [0.5, 0.6) is 0 Å². The van der Waals surface area contributed by atoms with Crippen LogP contribution in [0.1, 0.15) is 47.9 Å². The molecule has 0 N–H and O–H groups in total. The van der Waals surface area contributed by atoms with Crippen molar-refractivity contribution in [3.05, 3.63) is 16.3 Å². The molecule has 152 valence electrons. The highest BCUT2D eigenvalue weighted by Gasteiger charge is 2.32. The number of amides is 1. The van der Waals surface area contributed by atoms with E-state index in [0.29, 0.717) is 38.0 Å². The number of hydrogen-bond donors (Lipinski definition) is 0. The van der Waals surface area contributed by atoms with Crippen molar-refractivity contribution in [3.63, 3.8) is 0 Å². The largest absolute Gasteiger partial charge is 0.378 e. The van der Waals surface area contributed by atoms with E-state index in [2.05, 4.69) is 14.6 Å². The van der Waals surface area contributed by atoms with Gasteiger partial charge >= 0.3 is 0 Å². The molecule has 0 radical (unpaired) electrons. The summed E-state index contributed by atoms with van der Waals surface area (Å²) in [5.74, 6) is 2.10. The SMILES string of the molecule is O=C(CSc1nnc2c3c4c(sc3nc(C3CC3)n12)CCCC4)N1CCOCC1. The number of carbonyl (C=O) groups is 1. The Morgan fingerprint density at radius 3 is 2.83 bits per heavy atom. The van der Waals surface area contributed by atoms with Crippen LogP contribution >= 0.6 is 23.1 Å². The summed E-state index contributed by atoms with van der Waals surface area (Å²) in [5.41, 5.74) is 2.38. The molecule has 0 aromatic carbocycles. The smallest absolute Gasteiger partial charge is 0.233 e. The minimum Gasteiger partial charge on any atom is -0.378 e. The van der Waals surface area contributed by atoms with Crippen LogP contribution in [0.25, 0.3) is 15.9 Å². The number of thioether (sulfide) groups is 1. The average Bonchev–Trinajstić information content (AvgIpc) is 3.42. The van der Waals surface area contributed by atoms with Gasteiger partial charge in [-0.1, -0.05) is 11.8 Å². The van der Waals surface area contributed by atoms with Crippen molar-refractivity contribution in [1.29, 1.82) is 0 Å². The molecule has 3 aromatic heterocycles. The zero-order valence-corrected chi connectivity index (χ0v) is 17.9. The third kappa shape index (κ3) is 3.14. The molecular weight excluding hydrogens is 406 g/mol. The minimum absolute atomic E-state index is 0.143. The molecule has 1 saturated carbocycles. The molecule has 4 heterocycles. The van der Waals surface area contributed by atoms with Crippen molar-refractivity contribution in [1.82, 2.24) is 24.5 Å². The van der Waals surface area contributed by atoms with E-state index < -0.39 is 0 Å². The van der Waals surface area contributed by atoms with Gasteiger partial charge in [-0.2, -0.15) is 0 Å². The molecule has 7 nitrogen and oxygen atoms in total. The summed E-state index contributed by atoms with van der Waals surface area (Å²) >= 11 is 3.34. The summed E-state index contributed by atoms with van der Waals surface area (Å²) in [6.45, 7) is 2.61. The monoisotopic (exact) mass is 429 g/mol. The van der Waals surface area contributed by atoms with Gasteiger partial charge in [0.2, 0.25) is 5.91 Å². The van der Waals surface area contributed by atoms with Crippen LogP contribution in [0.4, 0.5) is 0 Å². The Kier molecular flexibility index (Phi) is 4.50. The molecule has 1 amide bonds. The molecule has 0 unspecified atom stereocenters. The molecule has 0 atom stereocenters. The summed E-state index contributed by atoms with van der Waals surface area (Å²) < 4.78 is 7.50. The van der Waals surface area contributed by atoms with Crippen LogP contribution in [0.15, 0.2) is 5.16 Å². The molecule has 3 aromatic rings. The number of thiophene rings is 1. The Bertz CT molecular complexity index is 1100. The predicted octanol–water partition coefficient (Wildman–Crippen LogP) is 3.05. The highest BCUT2D eigenvalue weighted by atomic mass is 32.2. The van der Waals surface area contributed by atoms with Crippen LogP contribution in [-0.4, -0.2) is 62.4 Å². The number of hydrogen-bond acceptors (Lipinski definition) is 7. The van der Waals surface area contributed by atoms with Crippen LogP contribution in [0, 0.1) is 0 Å².